The van der Waals surface area contributed by atoms with E-state index in [4.69, 9.17) is 0 Å². The molecule has 3 rings (SSSR count). The van der Waals surface area contributed by atoms with E-state index < -0.39 is 6.61 Å². The Kier molecular flexibility index (Phi) is 7.97. The van der Waals surface area contributed by atoms with Gasteiger partial charge in [0.2, 0.25) is 0 Å². The van der Waals surface area contributed by atoms with E-state index in [1.807, 2.05) is 4.90 Å². The number of alkyl halides is 2. The molecule has 1 unspecified atom stereocenters. The van der Waals surface area contributed by atoms with Crippen molar-refractivity contribution in [1.82, 2.24) is 20.9 Å². The molecule has 1 aliphatic heterocycles. The summed E-state index contributed by atoms with van der Waals surface area (Å²) in [4.78, 5) is 22.2. The molecule has 1 atom stereocenters. The third-order valence-corrected chi connectivity index (χ3v) is 4.80. The number of carbonyl (C=O) groups excluding carboxylic acids is 1. The van der Waals surface area contributed by atoms with Gasteiger partial charge in [0.25, 0.3) is 5.91 Å². The van der Waals surface area contributed by atoms with Crippen molar-refractivity contribution < 1.29 is 18.3 Å². The summed E-state index contributed by atoms with van der Waals surface area (Å²) in [6.07, 6.45) is 3.95. The fourth-order valence-electron chi connectivity index (χ4n) is 3.35. The molecule has 0 spiro atoms. The maximum absolute atomic E-state index is 12.7. The molecule has 1 saturated heterocycles. The van der Waals surface area contributed by atoms with Gasteiger partial charge < -0.3 is 25.6 Å². The maximum atomic E-state index is 12.7. The van der Waals surface area contributed by atoms with Crippen LogP contribution in [-0.2, 0) is 0 Å². The lowest BCUT2D eigenvalue weighted by molar-refractivity contribution is -0.0495. The predicted molar refractivity (Wildman–Crippen MR) is 115 cm³/mol. The highest BCUT2D eigenvalue weighted by Gasteiger charge is 2.26. The van der Waals surface area contributed by atoms with Crippen molar-refractivity contribution in [3.63, 3.8) is 0 Å². The minimum Gasteiger partial charge on any atom is -0.433 e. The van der Waals surface area contributed by atoms with Crippen molar-refractivity contribution in [2.24, 2.45) is 4.99 Å². The standard InChI is InChI=1S/C21H26F2N6O2/c1-24-21(27-11-10-26-19(30)15-5-4-9-25-13-15)28-16-8-12-29(14-16)17-6-2-3-7-18(17)31-20(22)23/h2-7,9,13,16,20H,8,10-12,14H2,1H3,(H,26,30)(H2,24,27,28). The fourth-order valence-corrected chi connectivity index (χ4v) is 3.35. The van der Waals surface area contributed by atoms with Crippen molar-refractivity contribution in [2.45, 2.75) is 19.1 Å². The number of halogens is 2. The van der Waals surface area contributed by atoms with Gasteiger partial charge in [0.05, 0.1) is 11.3 Å². The van der Waals surface area contributed by atoms with Gasteiger partial charge in [0.1, 0.15) is 5.75 Å². The number of carbonyl (C=O) groups is 1. The number of amides is 1. The van der Waals surface area contributed by atoms with E-state index in [1.54, 1.807) is 49.6 Å². The molecule has 10 heteroatoms. The monoisotopic (exact) mass is 432 g/mol. The minimum absolute atomic E-state index is 0.0933. The van der Waals surface area contributed by atoms with Crippen LogP contribution in [0.2, 0.25) is 0 Å². The zero-order valence-electron chi connectivity index (χ0n) is 17.2. The van der Waals surface area contributed by atoms with Crippen LogP contribution in [-0.4, -0.2) is 62.7 Å². The zero-order chi connectivity index (χ0) is 22.1. The number of hydrogen-bond donors (Lipinski definition) is 3. The summed E-state index contributed by atoms with van der Waals surface area (Å²) in [6.45, 7) is -0.613. The van der Waals surface area contributed by atoms with E-state index in [2.05, 4.69) is 30.7 Å². The number of anilines is 1. The Bertz CT molecular complexity index is 881. The van der Waals surface area contributed by atoms with Gasteiger partial charge in [-0.15, -0.1) is 0 Å². The normalized spacial score (nSPS) is 16.3. The molecule has 1 amide bonds. The van der Waals surface area contributed by atoms with E-state index in [9.17, 15) is 13.6 Å². The Morgan fingerprint density at radius 1 is 1.26 bits per heavy atom. The first-order valence-corrected chi connectivity index (χ1v) is 10.0. The second-order valence-corrected chi connectivity index (χ2v) is 6.92. The van der Waals surface area contributed by atoms with Crippen LogP contribution in [0.4, 0.5) is 14.5 Å². The molecule has 1 aromatic heterocycles. The molecule has 166 valence electrons. The Morgan fingerprint density at radius 2 is 2.06 bits per heavy atom. The average Bonchev–Trinajstić information content (AvgIpc) is 3.24. The summed E-state index contributed by atoms with van der Waals surface area (Å²) in [6, 6.07) is 10.3. The SMILES string of the molecule is CN=C(NCCNC(=O)c1cccnc1)NC1CCN(c2ccccc2OC(F)F)C1. The van der Waals surface area contributed by atoms with Crippen LogP contribution in [0, 0.1) is 0 Å². The second kappa shape index (κ2) is 11.1. The number of hydrogen-bond acceptors (Lipinski definition) is 5. The van der Waals surface area contributed by atoms with E-state index in [-0.39, 0.29) is 17.7 Å². The molecular weight excluding hydrogens is 406 g/mol. The van der Waals surface area contributed by atoms with Crippen molar-refractivity contribution in [3.05, 3.63) is 54.4 Å². The molecule has 31 heavy (non-hydrogen) atoms. The molecule has 1 aliphatic rings. The number of ether oxygens (including phenoxy) is 1. The molecule has 2 aromatic rings. The lowest BCUT2D eigenvalue weighted by Crippen LogP contribution is -2.46. The van der Waals surface area contributed by atoms with Gasteiger partial charge in [0, 0.05) is 51.7 Å². The van der Waals surface area contributed by atoms with E-state index in [0.717, 1.165) is 6.42 Å². The number of guanidine groups is 1. The van der Waals surface area contributed by atoms with Crippen LogP contribution < -0.4 is 25.6 Å². The number of aliphatic imine (C=N–C) groups is 1. The molecule has 0 aliphatic carbocycles. The van der Waals surface area contributed by atoms with Gasteiger partial charge in [-0.25, -0.2) is 0 Å². The first kappa shape index (κ1) is 22.3. The summed E-state index contributed by atoms with van der Waals surface area (Å²) in [5.41, 5.74) is 1.15. The Hall–Kier alpha value is -3.43. The Balaban J connectivity index is 1.44. The van der Waals surface area contributed by atoms with Crippen molar-refractivity contribution >= 4 is 17.6 Å². The first-order valence-electron chi connectivity index (χ1n) is 10.0. The van der Waals surface area contributed by atoms with E-state index >= 15 is 0 Å². The van der Waals surface area contributed by atoms with Crippen molar-refractivity contribution in [3.8, 4) is 5.75 Å². The molecule has 2 heterocycles. The third kappa shape index (κ3) is 6.53. The molecule has 1 fully saturated rings. The Morgan fingerprint density at radius 3 is 2.81 bits per heavy atom. The van der Waals surface area contributed by atoms with Crippen LogP contribution in [0.25, 0.3) is 0 Å². The van der Waals surface area contributed by atoms with Gasteiger partial charge in [-0.3, -0.25) is 14.8 Å². The molecule has 0 radical (unpaired) electrons. The number of aromatic nitrogens is 1. The van der Waals surface area contributed by atoms with Crippen molar-refractivity contribution in [1.29, 1.82) is 0 Å². The number of pyridine rings is 1. The first-order chi connectivity index (χ1) is 15.1. The summed E-state index contributed by atoms with van der Waals surface area (Å²) >= 11 is 0. The predicted octanol–water partition coefficient (Wildman–Crippen LogP) is 1.86. The number of nitrogens with zero attached hydrogens (tertiary/aromatic N) is 3. The molecule has 1 aromatic carbocycles. The molecule has 3 N–H and O–H groups in total. The molecule has 0 bridgehead atoms. The average molecular weight is 432 g/mol. The quantitative estimate of drug-likeness (QED) is 0.335. The maximum Gasteiger partial charge on any atom is 0.387 e. The van der Waals surface area contributed by atoms with Crippen LogP contribution in [0.5, 0.6) is 5.75 Å². The largest absolute Gasteiger partial charge is 0.433 e. The van der Waals surface area contributed by atoms with E-state index in [0.29, 0.717) is 43.4 Å². The Labute approximate surface area is 179 Å². The third-order valence-electron chi connectivity index (χ3n) is 4.80. The van der Waals surface area contributed by atoms with Crippen LogP contribution >= 0.6 is 0 Å². The highest BCUT2D eigenvalue weighted by Crippen LogP contribution is 2.31. The zero-order valence-corrected chi connectivity index (χ0v) is 17.2. The van der Waals surface area contributed by atoms with Gasteiger partial charge in [-0.2, -0.15) is 8.78 Å². The molecular formula is C21H26F2N6O2. The molecule has 8 nitrogen and oxygen atoms in total. The lowest BCUT2D eigenvalue weighted by Gasteiger charge is -2.22. The highest BCUT2D eigenvalue weighted by molar-refractivity contribution is 5.93. The summed E-state index contributed by atoms with van der Waals surface area (Å²) < 4.78 is 30.0. The van der Waals surface area contributed by atoms with Gasteiger partial charge in [-0.1, -0.05) is 12.1 Å². The minimum atomic E-state index is -2.86. The smallest absolute Gasteiger partial charge is 0.387 e. The number of benzene rings is 1. The van der Waals surface area contributed by atoms with Gasteiger partial charge in [0.15, 0.2) is 5.96 Å². The van der Waals surface area contributed by atoms with Crippen LogP contribution in [0.15, 0.2) is 53.8 Å². The number of rotatable bonds is 8. The van der Waals surface area contributed by atoms with Gasteiger partial charge >= 0.3 is 6.61 Å². The topological polar surface area (TPSA) is 90.9 Å². The summed E-state index contributed by atoms with van der Waals surface area (Å²) in [5.74, 6) is 0.596. The highest BCUT2D eigenvalue weighted by atomic mass is 19.3. The van der Waals surface area contributed by atoms with Gasteiger partial charge in [-0.05, 0) is 30.7 Å². The van der Waals surface area contributed by atoms with Crippen LogP contribution in [0.3, 0.4) is 0 Å². The molecule has 0 saturated carbocycles. The fraction of sp³-hybridized carbons (Fsp3) is 0.381. The number of nitrogens with one attached hydrogen (secondary N) is 3. The van der Waals surface area contributed by atoms with E-state index in [1.165, 1.54) is 6.20 Å². The lowest BCUT2D eigenvalue weighted by atomic mass is 10.2. The summed E-state index contributed by atoms with van der Waals surface area (Å²) in [5, 5.41) is 9.31. The van der Waals surface area contributed by atoms with Crippen molar-refractivity contribution in [2.75, 3.05) is 38.1 Å². The number of para-hydroxylation sites is 2. The van der Waals surface area contributed by atoms with Crippen LogP contribution in [0.1, 0.15) is 16.8 Å². The second-order valence-electron chi connectivity index (χ2n) is 6.92. The summed E-state index contributed by atoms with van der Waals surface area (Å²) in [7, 11) is 1.67.